The fraction of sp³-hybridized carbons (Fsp3) is 0.400. The summed E-state index contributed by atoms with van der Waals surface area (Å²) in [6.45, 7) is 1.30. The lowest BCUT2D eigenvalue weighted by Gasteiger charge is -1.83. The molecule has 1 aliphatic rings. The van der Waals surface area contributed by atoms with Gasteiger partial charge in [0.05, 0.1) is 6.54 Å². The number of nitrogens with zero attached hydrogens (tertiary/aromatic N) is 3. The molecule has 0 saturated heterocycles. The van der Waals surface area contributed by atoms with Gasteiger partial charge in [0.15, 0.2) is 6.29 Å². The molecule has 0 atom stereocenters. The molecule has 0 aromatic carbocycles. The van der Waals surface area contributed by atoms with Gasteiger partial charge in [0.1, 0.15) is 6.61 Å². The Hall–Kier alpha value is -1.39. The van der Waals surface area contributed by atoms with E-state index in [4.69, 9.17) is 4.74 Å². The van der Waals surface area contributed by atoms with Crippen molar-refractivity contribution < 1.29 is 9.53 Å². The summed E-state index contributed by atoms with van der Waals surface area (Å²) >= 11 is 0. The van der Waals surface area contributed by atoms with Gasteiger partial charge in [-0.15, -0.1) is 5.10 Å². The standard InChI is InChI=1S/C5H5N3O2/c9-3-4-6-5-8(7-4)1-2-10-5/h3H,1-2H2. The zero-order valence-electron chi connectivity index (χ0n) is 5.15. The van der Waals surface area contributed by atoms with Crippen molar-refractivity contribution in [2.45, 2.75) is 6.54 Å². The Kier molecular flexibility index (Phi) is 0.969. The smallest absolute Gasteiger partial charge is 0.315 e. The van der Waals surface area contributed by atoms with E-state index in [1.54, 1.807) is 4.68 Å². The number of hydrogen-bond donors (Lipinski definition) is 0. The van der Waals surface area contributed by atoms with Crippen LogP contribution in [0.5, 0.6) is 6.01 Å². The highest BCUT2D eigenvalue weighted by atomic mass is 16.5. The fourth-order valence-corrected chi connectivity index (χ4v) is 0.870. The van der Waals surface area contributed by atoms with Gasteiger partial charge in [-0.3, -0.25) is 4.79 Å². The van der Waals surface area contributed by atoms with Crippen LogP contribution in [-0.2, 0) is 6.54 Å². The fourth-order valence-electron chi connectivity index (χ4n) is 0.870. The van der Waals surface area contributed by atoms with E-state index < -0.39 is 0 Å². The molecule has 0 N–H and O–H groups in total. The minimum absolute atomic E-state index is 0.190. The Labute approximate surface area is 56.6 Å². The largest absolute Gasteiger partial charge is 0.462 e. The van der Waals surface area contributed by atoms with Gasteiger partial charge in [-0.05, 0) is 0 Å². The molecule has 52 valence electrons. The van der Waals surface area contributed by atoms with E-state index in [0.29, 0.717) is 25.4 Å². The molecule has 1 aromatic heterocycles. The summed E-state index contributed by atoms with van der Waals surface area (Å²) < 4.78 is 6.58. The van der Waals surface area contributed by atoms with E-state index >= 15 is 0 Å². The van der Waals surface area contributed by atoms with E-state index in [-0.39, 0.29) is 5.82 Å². The first-order chi connectivity index (χ1) is 4.90. The van der Waals surface area contributed by atoms with E-state index in [1.165, 1.54) is 0 Å². The summed E-state index contributed by atoms with van der Waals surface area (Å²) in [5, 5.41) is 3.82. The molecule has 0 unspecified atom stereocenters. The predicted molar refractivity (Wildman–Crippen MR) is 30.9 cm³/mol. The number of carbonyl (C=O) groups is 1. The number of aldehydes is 1. The second-order valence-electron chi connectivity index (χ2n) is 1.94. The first-order valence-corrected chi connectivity index (χ1v) is 2.93. The van der Waals surface area contributed by atoms with Crippen LogP contribution in [0.25, 0.3) is 0 Å². The van der Waals surface area contributed by atoms with Gasteiger partial charge in [0, 0.05) is 0 Å². The van der Waals surface area contributed by atoms with Gasteiger partial charge in [-0.1, -0.05) is 0 Å². The van der Waals surface area contributed by atoms with Crippen molar-refractivity contribution in [2.24, 2.45) is 0 Å². The monoisotopic (exact) mass is 139 g/mol. The van der Waals surface area contributed by atoms with Crippen molar-refractivity contribution in [1.29, 1.82) is 0 Å². The summed E-state index contributed by atoms with van der Waals surface area (Å²) in [6, 6.07) is 0.446. The molecule has 0 saturated carbocycles. The quantitative estimate of drug-likeness (QED) is 0.491. The molecular weight excluding hydrogens is 134 g/mol. The van der Waals surface area contributed by atoms with Crippen LogP contribution in [0.3, 0.4) is 0 Å². The molecule has 2 heterocycles. The SMILES string of the molecule is O=Cc1nc2n(n1)CCO2. The Bertz CT molecular complexity index is 246. The van der Waals surface area contributed by atoms with Gasteiger partial charge < -0.3 is 4.74 Å². The Morgan fingerprint density at radius 1 is 1.70 bits per heavy atom. The minimum Gasteiger partial charge on any atom is -0.462 e. The molecule has 5 heteroatoms. The van der Waals surface area contributed by atoms with Gasteiger partial charge in [0.2, 0.25) is 5.82 Å². The van der Waals surface area contributed by atoms with E-state index in [1.807, 2.05) is 0 Å². The molecule has 10 heavy (non-hydrogen) atoms. The number of carbonyl (C=O) groups excluding carboxylic acids is 1. The lowest BCUT2D eigenvalue weighted by atomic mass is 10.7. The molecule has 0 radical (unpaired) electrons. The molecule has 0 bridgehead atoms. The van der Waals surface area contributed by atoms with Crippen molar-refractivity contribution in [3.8, 4) is 6.01 Å². The molecule has 0 spiro atoms. The van der Waals surface area contributed by atoms with Crippen molar-refractivity contribution in [3.05, 3.63) is 5.82 Å². The molecular formula is C5H5N3O2. The first kappa shape index (κ1) is 5.40. The van der Waals surface area contributed by atoms with Crippen LogP contribution in [0.4, 0.5) is 0 Å². The Balaban J connectivity index is 2.46. The third kappa shape index (κ3) is 0.601. The van der Waals surface area contributed by atoms with Crippen LogP contribution >= 0.6 is 0 Å². The molecule has 5 nitrogen and oxygen atoms in total. The van der Waals surface area contributed by atoms with Gasteiger partial charge in [-0.25, -0.2) is 4.68 Å². The van der Waals surface area contributed by atoms with Gasteiger partial charge in [-0.2, -0.15) is 4.98 Å². The van der Waals surface area contributed by atoms with Crippen molar-refractivity contribution in [3.63, 3.8) is 0 Å². The molecule has 1 aliphatic heterocycles. The highest BCUT2D eigenvalue weighted by Gasteiger charge is 2.15. The molecule has 1 aromatic rings. The topological polar surface area (TPSA) is 57.0 Å². The number of ether oxygens (including phenoxy) is 1. The maximum atomic E-state index is 10.1. The molecule has 0 aliphatic carbocycles. The van der Waals surface area contributed by atoms with Crippen LogP contribution in [0, 0.1) is 0 Å². The summed E-state index contributed by atoms with van der Waals surface area (Å²) in [7, 11) is 0. The lowest BCUT2D eigenvalue weighted by molar-refractivity contribution is 0.111. The number of fused-ring (bicyclic) bond motifs is 1. The van der Waals surface area contributed by atoms with E-state index in [0.717, 1.165) is 0 Å². The average Bonchev–Trinajstić information content (AvgIpc) is 2.42. The maximum absolute atomic E-state index is 10.1. The summed E-state index contributed by atoms with van der Waals surface area (Å²) in [4.78, 5) is 13.9. The Morgan fingerprint density at radius 2 is 2.60 bits per heavy atom. The normalized spacial score (nSPS) is 14.4. The van der Waals surface area contributed by atoms with Crippen molar-refractivity contribution in [1.82, 2.24) is 14.8 Å². The molecule has 2 rings (SSSR count). The van der Waals surface area contributed by atoms with Crippen LogP contribution in [0.2, 0.25) is 0 Å². The van der Waals surface area contributed by atoms with Gasteiger partial charge in [0.25, 0.3) is 0 Å². The molecule has 0 fully saturated rings. The lowest BCUT2D eigenvalue weighted by Crippen LogP contribution is -1.97. The third-order valence-corrected chi connectivity index (χ3v) is 1.29. The highest BCUT2D eigenvalue weighted by molar-refractivity contribution is 5.68. The second-order valence-corrected chi connectivity index (χ2v) is 1.94. The second kappa shape index (κ2) is 1.80. The van der Waals surface area contributed by atoms with Crippen molar-refractivity contribution >= 4 is 6.29 Å². The van der Waals surface area contributed by atoms with Crippen molar-refractivity contribution in [2.75, 3.05) is 6.61 Å². The number of rotatable bonds is 1. The summed E-state index contributed by atoms with van der Waals surface area (Å²) in [5.74, 6) is 0.190. The van der Waals surface area contributed by atoms with Crippen LogP contribution in [-0.4, -0.2) is 27.7 Å². The highest BCUT2D eigenvalue weighted by Crippen LogP contribution is 2.11. The maximum Gasteiger partial charge on any atom is 0.315 e. The molecule has 0 amide bonds. The summed E-state index contributed by atoms with van der Waals surface area (Å²) in [6.07, 6.45) is 0.606. The number of hydrogen-bond acceptors (Lipinski definition) is 4. The van der Waals surface area contributed by atoms with E-state index in [2.05, 4.69) is 10.1 Å². The van der Waals surface area contributed by atoms with Crippen LogP contribution in [0.15, 0.2) is 0 Å². The zero-order valence-corrected chi connectivity index (χ0v) is 5.15. The average molecular weight is 139 g/mol. The predicted octanol–water partition coefficient (Wildman–Crippen LogP) is -0.517. The number of aromatic nitrogens is 3. The third-order valence-electron chi connectivity index (χ3n) is 1.29. The summed E-state index contributed by atoms with van der Waals surface area (Å²) in [5.41, 5.74) is 0. The van der Waals surface area contributed by atoms with Crippen LogP contribution in [0.1, 0.15) is 10.6 Å². The van der Waals surface area contributed by atoms with Crippen LogP contribution < -0.4 is 4.74 Å². The van der Waals surface area contributed by atoms with Gasteiger partial charge >= 0.3 is 6.01 Å². The Morgan fingerprint density at radius 3 is 3.30 bits per heavy atom. The zero-order chi connectivity index (χ0) is 6.97. The minimum atomic E-state index is 0.190. The van der Waals surface area contributed by atoms with E-state index in [9.17, 15) is 4.79 Å². The first-order valence-electron chi connectivity index (χ1n) is 2.93.